The van der Waals surface area contributed by atoms with Crippen molar-refractivity contribution >= 4 is 5.57 Å². The first-order chi connectivity index (χ1) is 9.34. The highest BCUT2D eigenvalue weighted by atomic mass is 14.8. The molecule has 0 aliphatic heterocycles. The van der Waals surface area contributed by atoms with Crippen LogP contribution in [-0.2, 0) is 11.8 Å². The molecular formula is C19H27N. The van der Waals surface area contributed by atoms with E-state index in [4.69, 9.17) is 5.73 Å². The van der Waals surface area contributed by atoms with Crippen molar-refractivity contribution in [2.45, 2.75) is 63.8 Å². The lowest BCUT2D eigenvalue weighted by Gasteiger charge is -2.54. The summed E-state index contributed by atoms with van der Waals surface area (Å²) in [6.45, 7) is 10.9. The van der Waals surface area contributed by atoms with Gasteiger partial charge in [0, 0.05) is 5.54 Å². The van der Waals surface area contributed by atoms with Crippen molar-refractivity contribution in [2.24, 2.45) is 11.7 Å². The molecule has 20 heavy (non-hydrogen) atoms. The predicted molar refractivity (Wildman–Crippen MR) is 86.8 cm³/mol. The van der Waals surface area contributed by atoms with Crippen molar-refractivity contribution in [1.82, 2.24) is 0 Å². The number of nitrogens with two attached hydrogens (primary N) is 1. The summed E-state index contributed by atoms with van der Waals surface area (Å²) >= 11 is 0. The van der Waals surface area contributed by atoms with E-state index in [0.29, 0.717) is 5.92 Å². The molecule has 0 saturated heterocycles. The third kappa shape index (κ3) is 1.95. The Hall–Kier alpha value is -1.08. The first-order valence-corrected chi connectivity index (χ1v) is 7.93. The molecule has 2 aliphatic rings. The fourth-order valence-corrected chi connectivity index (χ4v) is 4.81. The topological polar surface area (TPSA) is 26.0 Å². The maximum Gasteiger partial charge on any atom is 0.0162 e. The molecule has 0 spiro atoms. The molecule has 1 aromatic carbocycles. The maximum absolute atomic E-state index is 6.64. The number of benzene rings is 1. The largest absolute Gasteiger partial charge is 0.325 e. The number of aryl methyl sites for hydroxylation is 1. The Morgan fingerprint density at radius 2 is 2.05 bits per heavy atom. The van der Waals surface area contributed by atoms with Crippen LogP contribution in [0.15, 0.2) is 24.8 Å². The van der Waals surface area contributed by atoms with E-state index in [-0.39, 0.29) is 11.0 Å². The minimum Gasteiger partial charge on any atom is -0.325 e. The highest BCUT2D eigenvalue weighted by molar-refractivity contribution is 5.63. The molecule has 0 bridgehead atoms. The number of hydrogen-bond donors (Lipinski definition) is 1. The van der Waals surface area contributed by atoms with Crippen molar-refractivity contribution in [3.8, 4) is 0 Å². The van der Waals surface area contributed by atoms with Crippen LogP contribution in [0.25, 0.3) is 5.57 Å². The van der Waals surface area contributed by atoms with E-state index in [1.165, 1.54) is 43.2 Å². The van der Waals surface area contributed by atoms with Gasteiger partial charge in [-0.25, -0.2) is 0 Å². The average molecular weight is 269 g/mol. The highest BCUT2D eigenvalue weighted by Crippen LogP contribution is 2.52. The van der Waals surface area contributed by atoms with E-state index in [1.807, 2.05) is 0 Å². The van der Waals surface area contributed by atoms with Gasteiger partial charge in [-0.1, -0.05) is 43.7 Å². The molecule has 1 fully saturated rings. The summed E-state index contributed by atoms with van der Waals surface area (Å²) in [6, 6.07) is 6.96. The van der Waals surface area contributed by atoms with Gasteiger partial charge in [-0.05, 0) is 67.6 Å². The second-order valence-corrected chi connectivity index (χ2v) is 7.52. The van der Waals surface area contributed by atoms with Crippen LogP contribution in [0.4, 0.5) is 0 Å². The zero-order valence-electron chi connectivity index (χ0n) is 13.1. The molecule has 2 N–H and O–H groups in total. The van der Waals surface area contributed by atoms with E-state index in [9.17, 15) is 0 Å². The summed E-state index contributed by atoms with van der Waals surface area (Å²) < 4.78 is 0. The van der Waals surface area contributed by atoms with Crippen molar-refractivity contribution in [3.63, 3.8) is 0 Å². The van der Waals surface area contributed by atoms with Gasteiger partial charge in [-0.3, -0.25) is 0 Å². The van der Waals surface area contributed by atoms with Crippen LogP contribution < -0.4 is 5.73 Å². The molecule has 0 aromatic heterocycles. The van der Waals surface area contributed by atoms with Crippen molar-refractivity contribution < 1.29 is 0 Å². The number of allylic oxidation sites excluding steroid dienone is 1. The molecule has 1 aromatic rings. The zero-order valence-corrected chi connectivity index (χ0v) is 13.1. The lowest BCUT2D eigenvalue weighted by Crippen LogP contribution is -2.57. The highest BCUT2D eigenvalue weighted by Gasteiger charge is 2.49. The van der Waals surface area contributed by atoms with Gasteiger partial charge in [0.1, 0.15) is 0 Å². The third-order valence-electron chi connectivity index (χ3n) is 5.89. The summed E-state index contributed by atoms with van der Waals surface area (Å²) in [7, 11) is 0. The van der Waals surface area contributed by atoms with E-state index >= 15 is 0 Å². The molecule has 3 atom stereocenters. The normalized spacial score (nSPS) is 36.1. The van der Waals surface area contributed by atoms with Gasteiger partial charge < -0.3 is 5.73 Å². The summed E-state index contributed by atoms with van der Waals surface area (Å²) in [6.07, 6.45) is 6.11. The number of fused-ring (bicyclic) bond motifs is 3. The van der Waals surface area contributed by atoms with Crippen molar-refractivity contribution in [1.29, 1.82) is 0 Å². The predicted octanol–water partition coefficient (Wildman–Crippen LogP) is 4.44. The van der Waals surface area contributed by atoms with Crippen LogP contribution in [-0.4, -0.2) is 5.54 Å². The lowest BCUT2D eigenvalue weighted by atomic mass is 9.53. The van der Waals surface area contributed by atoms with Crippen LogP contribution in [0, 0.1) is 5.92 Å². The number of rotatable bonds is 1. The molecule has 0 radical (unpaired) electrons. The fraction of sp³-hybridized carbons (Fsp3) is 0.579. The van der Waals surface area contributed by atoms with Crippen LogP contribution in [0.5, 0.6) is 0 Å². The first kappa shape index (κ1) is 13.9. The molecule has 3 unspecified atom stereocenters. The third-order valence-corrected chi connectivity index (χ3v) is 5.89. The van der Waals surface area contributed by atoms with Gasteiger partial charge in [0.15, 0.2) is 0 Å². The molecule has 2 aliphatic carbocycles. The van der Waals surface area contributed by atoms with Gasteiger partial charge in [0.25, 0.3) is 0 Å². The first-order valence-electron chi connectivity index (χ1n) is 7.93. The Labute approximate surface area is 123 Å². The lowest BCUT2D eigenvalue weighted by molar-refractivity contribution is 0.0908. The monoisotopic (exact) mass is 269 g/mol. The smallest absolute Gasteiger partial charge is 0.0162 e. The van der Waals surface area contributed by atoms with E-state index in [2.05, 4.69) is 45.5 Å². The second kappa shape index (κ2) is 4.46. The second-order valence-electron chi connectivity index (χ2n) is 7.52. The van der Waals surface area contributed by atoms with Gasteiger partial charge in [0.05, 0.1) is 0 Å². The molecule has 1 heteroatoms. The molecule has 1 nitrogen and oxygen atoms in total. The summed E-state index contributed by atoms with van der Waals surface area (Å²) in [4.78, 5) is 0. The number of hydrogen-bond acceptors (Lipinski definition) is 1. The van der Waals surface area contributed by atoms with Crippen LogP contribution in [0.3, 0.4) is 0 Å². The van der Waals surface area contributed by atoms with Crippen LogP contribution in [0.2, 0.25) is 0 Å². The Bertz CT molecular complexity index is 555. The van der Waals surface area contributed by atoms with Crippen LogP contribution >= 0.6 is 0 Å². The minimum atomic E-state index is -0.00227. The Morgan fingerprint density at radius 1 is 1.30 bits per heavy atom. The maximum atomic E-state index is 6.64. The quantitative estimate of drug-likeness (QED) is 0.801. The summed E-state index contributed by atoms with van der Waals surface area (Å²) in [5.74, 6) is 0.618. The summed E-state index contributed by atoms with van der Waals surface area (Å²) in [5, 5.41) is 0. The minimum absolute atomic E-state index is 0.00227. The SMILES string of the molecule is C=C(C)c1ccc2c(c1)CCC1C(C)(N)CCCC21C. The molecular weight excluding hydrogens is 242 g/mol. The van der Waals surface area contributed by atoms with E-state index in [1.54, 1.807) is 5.56 Å². The van der Waals surface area contributed by atoms with Crippen molar-refractivity contribution in [2.75, 3.05) is 0 Å². The van der Waals surface area contributed by atoms with Gasteiger partial charge in [-0.2, -0.15) is 0 Å². The molecule has 108 valence electrons. The molecule has 0 amide bonds. The molecule has 3 rings (SSSR count). The van der Waals surface area contributed by atoms with Gasteiger partial charge >= 0.3 is 0 Å². The standard InChI is InChI=1S/C19H27N/c1-13(2)14-6-8-16-15(12-14)7-9-17-18(16,3)10-5-11-19(17,4)20/h6,8,12,17H,1,5,7,9-11,20H2,2-4H3. The fourth-order valence-electron chi connectivity index (χ4n) is 4.81. The van der Waals surface area contributed by atoms with Crippen molar-refractivity contribution in [3.05, 3.63) is 41.5 Å². The Morgan fingerprint density at radius 3 is 2.75 bits per heavy atom. The van der Waals surface area contributed by atoms with E-state index in [0.717, 1.165) is 5.57 Å². The zero-order chi connectivity index (χ0) is 14.5. The molecule has 0 heterocycles. The van der Waals surface area contributed by atoms with Gasteiger partial charge in [-0.15, -0.1) is 0 Å². The molecule has 1 saturated carbocycles. The van der Waals surface area contributed by atoms with E-state index < -0.39 is 0 Å². The van der Waals surface area contributed by atoms with Crippen LogP contribution in [0.1, 0.15) is 63.1 Å². The average Bonchev–Trinajstić information content (AvgIpc) is 2.37. The Balaban J connectivity index is 2.08. The summed E-state index contributed by atoms with van der Waals surface area (Å²) in [5.41, 5.74) is 12.4. The van der Waals surface area contributed by atoms with Gasteiger partial charge in [0.2, 0.25) is 0 Å². The Kier molecular flexibility index (Phi) is 3.10.